The van der Waals surface area contributed by atoms with Gasteiger partial charge in [-0.15, -0.1) is 11.3 Å². The Morgan fingerprint density at radius 2 is 2.15 bits per heavy atom. The summed E-state index contributed by atoms with van der Waals surface area (Å²) in [5.74, 6) is 0.551. The molecule has 0 N–H and O–H groups in total. The van der Waals surface area contributed by atoms with Gasteiger partial charge >= 0.3 is 0 Å². The largest absolute Gasteiger partial charge is 0.343 e. The minimum atomic E-state index is -3.65. The molecule has 148 valence electrons. The number of thiophene rings is 1. The van der Waals surface area contributed by atoms with E-state index in [1.165, 1.54) is 4.31 Å². The number of amides is 1. The molecule has 0 aromatic carbocycles. The highest BCUT2D eigenvalue weighted by atomic mass is 32.2. The fourth-order valence-electron chi connectivity index (χ4n) is 3.27. The molecule has 3 rings (SSSR count). The van der Waals surface area contributed by atoms with E-state index in [1.54, 1.807) is 23.3 Å². The molecule has 2 aromatic rings. The summed E-state index contributed by atoms with van der Waals surface area (Å²) in [6.07, 6.45) is 1.40. The lowest BCUT2D eigenvalue weighted by Gasteiger charge is -2.33. The molecule has 1 amide bonds. The van der Waals surface area contributed by atoms with Gasteiger partial charge in [-0.3, -0.25) is 4.79 Å². The molecule has 1 saturated heterocycles. The fraction of sp³-hybridized carbons (Fsp3) is 0.588. The Balaban J connectivity index is 1.78. The first kappa shape index (κ1) is 20.0. The highest BCUT2D eigenvalue weighted by Crippen LogP contribution is 2.31. The molecule has 0 radical (unpaired) electrons. The molecule has 1 aliphatic rings. The number of hydrogen-bond acceptors (Lipinski definition) is 7. The van der Waals surface area contributed by atoms with Gasteiger partial charge in [-0.05, 0) is 32.8 Å². The maximum Gasteiger partial charge on any atom is 0.252 e. The first-order valence-corrected chi connectivity index (χ1v) is 11.4. The lowest BCUT2D eigenvalue weighted by atomic mass is 9.98. The molecule has 0 saturated carbocycles. The van der Waals surface area contributed by atoms with Crippen molar-refractivity contribution >= 4 is 27.3 Å². The smallest absolute Gasteiger partial charge is 0.252 e. The average Bonchev–Trinajstić information content (AvgIpc) is 3.32. The maximum absolute atomic E-state index is 13.1. The number of carbonyl (C=O) groups excluding carboxylic acids is 1. The van der Waals surface area contributed by atoms with Gasteiger partial charge in [-0.2, -0.15) is 9.29 Å². The molecule has 1 unspecified atom stereocenters. The second-order valence-corrected chi connectivity index (χ2v) is 9.58. The number of hydrogen-bond donors (Lipinski definition) is 0. The average molecular weight is 413 g/mol. The zero-order chi connectivity index (χ0) is 19.6. The highest BCUT2D eigenvalue weighted by molar-refractivity contribution is 7.91. The number of rotatable bonds is 6. The molecular weight excluding hydrogens is 388 g/mol. The second kappa shape index (κ2) is 8.07. The maximum atomic E-state index is 13.1. The molecule has 1 atom stereocenters. The molecule has 8 nitrogen and oxygen atoms in total. The number of nitrogens with zero attached hydrogens (tertiary/aromatic N) is 4. The standard InChI is InChI=1S/C17H24N4O4S2/c1-4-20(5-2)17(22)13-7-6-8-21(10-13)27(23,24)15-9-14(11-26-15)16-18-12(3)25-19-16/h9,11,13H,4-8,10H2,1-3H3. The lowest BCUT2D eigenvalue weighted by molar-refractivity contribution is -0.136. The molecule has 0 spiro atoms. The van der Waals surface area contributed by atoms with Crippen LogP contribution in [0.3, 0.4) is 0 Å². The molecule has 3 heterocycles. The first-order chi connectivity index (χ1) is 12.9. The predicted molar refractivity (Wildman–Crippen MR) is 102 cm³/mol. The van der Waals surface area contributed by atoms with Crippen molar-refractivity contribution in [2.24, 2.45) is 5.92 Å². The predicted octanol–water partition coefficient (Wildman–Crippen LogP) is 2.38. The zero-order valence-corrected chi connectivity index (χ0v) is 17.3. The van der Waals surface area contributed by atoms with Gasteiger partial charge < -0.3 is 9.42 Å². The number of piperidine rings is 1. The van der Waals surface area contributed by atoms with E-state index in [-0.39, 0.29) is 22.6 Å². The van der Waals surface area contributed by atoms with Crippen LogP contribution in [0.25, 0.3) is 11.4 Å². The lowest BCUT2D eigenvalue weighted by Crippen LogP contribution is -2.46. The van der Waals surface area contributed by atoms with Crippen molar-refractivity contribution in [2.45, 2.75) is 37.8 Å². The van der Waals surface area contributed by atoms with E-state index in [1.807, 2.05) is 13.8 Å². The van der Waals surface area contributed by atoms with Crippen LogP contribution in [0.2, 0.25) is 0 Å². The summed E-state index contributed by atoms with van der Waals surface area (Å²) >= 11 is 1.13. The van der Waals surface area contributed by atoms with E-state index in [2.05, 4.69) is 10.1 Å². The quantitative estimate of drug-likeness (QED) is 0.723. The van der Waals surface area contributed by atoms with Crippen LogP contribution in [0.15, 0.2) is 20.2 Å². The zero-order valence-electron chi connectivity index (χ0n) is 15.7. The summed E-state index contributed by atoms with van der Waals surface area (Å²) in [4.78, 5) is 18.5. The van der Waals surface area contributed by atoms with Crippen LogP contribution in [0, 0.1) is 12.8 Å². The summed E-state index contributed by atoms with van der Waals surface area (Å²) in [6, 6.07) is 1.57. The van der Waals surface area contributed by atoms with Crippen LogP contribution in [0.4, 0.5) is 0 Å². The van der Waals surface area contributed by atoms with Gasteiger partial charge in [0.1, 0.15) is 4.21 Å². The molecule has 0 bridgehead atoms. The molecule has 0 aliphatic carbocycles. The van der Waals surface area contributed by atoms with Crippen LogP contribution in [-0.4, -0.2) is 59.8 Å². The van der Waals surface area contributed by atoms with Crippen LogP contribution >= 0.6 is 11.3 Å². The molecular formula is C17H24N4O4S2. The third kappa shape index (κ3) is 4.07. The summed E-state index contributed by atoms with van der Waals surface area (Å²) in [5, 5.41) is 5.54. The van der Waals surface area contributed by atoms with Gasteiger partial charge in [-0.1, -0.05) is 5.16 Å². The Labute approximate surface area is 163 Å². The van der Waals surface area contributed by atoms with E-state index in [0.29, 0.717) is 43.3 Å². The van der Waals surface area contributed by atoms with Crippen LogP contribution in [0.1, 0.15) is 32.6 Å². The Morgan fingerprint density at radius 1 is 1.41 bits per heavy atom. The van der Waals surface area contributed by atoms with Crippen molar-refractivity contribution in [3.8, 4) is 11.4 Å². The van der Waals surface area contributed by atoms with Gasteiger partial charge in [0.05, 0.1) is 5.92 Å². The number of carbonyl (C=O) groups is 1. The molecule has 27 heavy (non-hydrogen) atoms. The van der Waals surface area contributed by atoms with Crippen molar-refractivity contribution < 1.29 is 17.7 Å². The minimum absolute atomic E-state index is 0.0361. The number of aromatic nitrogens is 2. The second-order valence-electron chi connectivity index (χ2n) is 6.50. The van der Waals surface area contributed by atoms with E-state index >= 15 is 0 Å². The monoisotopic (exact) mass is 412 g/mol. The van der Waals surface area contributed by atoms with Gasteiger partial charge in [0.2, 0.25) is 17.6 Å². The highest BCUT2D eigenvalue weighted by Gasteiger charge is 2.35. The third-order valence-electron chi connectivity index (χ3n) is 4.76. The summed E-state index contributed by atoms with van der Waals surface area (Å²) in [7, 11) is -3.65. The van der Waals surface area contributed by atoms with Crippen LogP contribution < -0.4 is 0 Å². The van der Waals surface area contributed by atoms with Gasteiger partial charge in [0.25, 0.3) is 10.0 Å². The van der Waals surface area contributed by atoms with Crippen molar-refractivity contribution in [2.75, 3.05) is 26.2 Å². The summed E-state index contributed by atoms with van der Waals surface area (Å²) in [6.45, 7) is 7.48. The Bertz CT molecular complexity index is 902. The third-order valence-corrected chi connectivity index (χ3v) is 8.04. The van der Waals surface area contributed by atoms with Crippen molar-refractivity contribution in [1.29, 1.82) is 0 Å². The van der Waals surface area contributed by atoms with Crippen molar-refractivity contribution in [1.82, 2.24) is 19.3 Å². The Morgan fingerprint density at radius 3 is 2.78 bits per heavy atom. The van der Waals surface area contributed by atoms with Gasteiger partial charge in [-0.25, -0.2) is 8.42 Å². The summed E-state index contributed by atoms with van der Waals surface area (Å²) < 4.78 is 32.7. The van der Waals surface area contributed by atoms with Gasteiger partial charge in [0, 0.05) is 44.0 Å². The minimum Gasteiger partial charge on any atom is -0.343 e. The molecule has 1 aliphatic heterocycles. The Kier molecular flexibility index (Phi) is 5.97. The Hall–Kier alpha value is -1.78. The fourth-order valence-corrected chi connectivity index (χ4v) is 6.10. The topological polar surface area (TPSA) is 96.6 Å². The van der Waals surface area contributed by atoms with Crippen molar-refractivity contribution in [3.05, 3.63) is 17.3 Å². The molecule has 1 fully saturated rings. The SMILES string of the molecule is CCN(CC)C(=O)C1CCCN(S(=O)(=O)c2cc(-c3noc(C)n3)cs2)C1. The number of sulfonamides is 1. The molecule has 10 heteroatoms. The summed E-state index contributed by atoms with van der Waals surface area (Å²) in [5.41, 5.74) is 0.614. The van der Waals surface area contributed by atoms with Crippen molar-refractivity contribution in [3.63, 3.8) is 0 Å². The van der Waals surface area contributed by atoms with E-state index < -0.39 is 10.0 Å². The molecule has 2 aromatic heterocycles. The normalized spacial score (nSPS) is 18.6. The van der Waals surface area contributed by atoms with E-state index in [4.69, 9.17) is 4.52 Å². The van der Waals surface area contributed by atoms with Crippen LogP contribution in [-0.2, 0) is 14.8 Å². The number of aryl methyl sites for hydroxylation is 1. The van der Waals surface area contributed by atoms with Crippen LogP contribution in [0.5, 0.6) is 0 Å². The first-order valence-electron chi connectivity index (χ1n) is 9.05. The van der Waals surface area contributed by atoms with Gasteiger partial charge in [0.15, 0.2) is 0 Å². The van der Waals surface area contributed by atoms with E-state index in [9.17, 15) is 13.2 Å². The van der Waals surface area contributed by atoms with E-state index in [0.717, 1.165) is 17.8 Å².